The van der Waals surface area contributed by atoms with Crippen molar-refractivity contribution in [3.05, 3.63) is 68.8 Å². The normalized spacial score (nSPS) is 11.7. The van der Waals surface area contributed by atoms with Crippen molar-refractivity contribution in [2.24, 2.45) is 0 Å². The third-order valence-electron chi connectivity index (χ3n) is 4.33. The number of nitro benzene ring substituents is 1. The number of fused-ring (bicyclic) bond motifs is 2. The lowest BCUT2D eigenvalue weighted by Gasteiger charge is -2.12. The van der Waals surface area contributed by atoms with Crippen molar-refractivity contribution in [1.82, 2.24) is 0 Å². The van der Waals surface area contributed by atoms with Gasteiger partial charge in [-0.1, -0.05) is 0 Å². The van der Waals surface area contributed by atoms with Crippen LogP contribution in [-0.2, 0) is 10.1 Å². The summed E-state index contributed by atoms with van der Waals surface area (Å²) in [6.07, 6.45) is 1.24. The van der Waals surface area contributed by atoms with E-state index in [-0.39, 0.29) is 44.9 Å². The molecule has 4 aromatic rings. The van der Waals surface area contributed by atoms with Crippen molar-refractivity contribution in [2.45, 2.75) is 11.8 Å². The Labute approximate surface area is 168 Å². The van der Waals surface area contributed by atoms with Crippen LogP contribution in [0.3, 0.4) is 0 Å². The second-order valence-corrected chi connectivity index (χ2v) is 7.72. The van der Waals surface area contributed by atoms with E-state index < -0.39 is 25.4 Å². The molecular weight excluding hydrogens is 418 g/mol. The maximum Gasteiger partial charge on any atom is 0.346 e. The molecule has 0 aliphatic carbocycles. The lowest BCUT2D eigenvalue weighted by molar-refractivity contribution is -0.384. The van der Waals surface area contributed by atoms with Crippen LogP contribution in [0.1, 0.15) is 5.76 Å². The Hall–Kier alpha value is -3.86. The highest BCUT2D eigenvalue weighted by atomic mass is 32.2. The summed E-state index contributed by atoms with van der Waals surface area (Å²) in [6.45, 7) is 1.49. The first-order chi connectivity index (χ1) is 14.2. The Morgan fingerprint density at radius 3 is 2.43 bits per heavy atom. The predicted octanol–water partition coefficient (Wildman–Crippen LogP) is 3.53. The predicted molar refractivity (Wildman–Crippen MR) is 104 cm³/mol. The molecule has 0 saturated carbocycles. The van der Waals surface area contributed by atoms with Gasteiger partial charge in [0, 0.05) is 18.2 Å². The van der Waals surface area contributed by atoms with Crippen LogP contribution >= 0.6 is 0 Å². The fourth-order valence-corrected chi connectivity index (χ4v) is 4.32. The molecule has 0 N–H and O–H groups in total. The molecule has 0 aliphatic rings. The highest BCUT2D eigenvalue weighted by molar-refractivity contribution is 7.87. The molecule has 2 aromatic heterocycles. The van der Waals surface area contributed by atoms with Crippen molar-refractivity contribution in [2.75, 3.05) is 7.11 Å². The topological polar surface area (TPSA) is 139 Å². The molecule has 0 unspecified atom stereocenters. The standard InChI is InChI=1S/C19H13NO9S/c1-10-9-14(21)15-16(26-2)13-7-8-27-17(13)19(18(15)28-10)30(24,25)29-12-5-3-11(4-6-12)20(22)23/h3-9H,1-2H3. The van der Waals surface area contributed by atoms with Crippen LogP contribution in [0.25, 0.3) is 21.9 Å². The Balaban J connectivity index is 2.00. The van der Waals surface area contributed by atoms with E-state index in [0.717, 1.165) is 24.3 Å². The van der Waals surface area contributed by atoms with Gasteiger partial charge in [-0.15, -0.1) is 0 Å². The molecule has 11 heteroatoms. The van der Waals surface area contributed by atoms with Crippen LogP contribution in [0.2, 0.25) is 0 Å². The number of furan rings is 1. The molecule has 0 atom stereocenters. The smallest absolute Gasteiger partial charge is 0.346 e. The maximum absolute atomic E-state index is 13.1. The fourth-order valence-electron chi connectivity index (χ4n) is 3.12. The van der Waals surface area contributed by atoms with Gasteiger partial charge in [0.05, 0.1) is 23.7 Å². The summed E-state index contributed by atoms with van der Waals surface area (Å²) in [5.41, 5.74) is -1.12. The summed E-state index contributed by atoms with van der Waals surface area (Å²) in [4.78, 5) is 22.3. The number of ether oxygens (including phenoxy) is 1. The van der Waals surface area contributed by atoms with E-state index in [1.165, 1.54) is 32.4 Å². The summed E-state index contributed by atoms with van der Waals surface area (Å²) in [7, 11) is -3.24. The van der Waals surface area contributed by atoms with Gasteiger partial charge in [-0.3, -0.25) is 14.9 Å². The SMILES string of the molecule is COc1c2ccoc2c(S(=O)(=O)Oc2ccc([N+](=O)[O-])cc2)c2oc(C)cc(=O)c12. The summed E-state index contributed by atoms with van der Waals surface area (Å²) in [5, 5.41) is 10.9. The second-order valence-electron chi connectivity index (χ2n) is 6.24. The first-order valence-corrected chi connectivity index (χ1v) is 9.84. The van der Waals surface area contributed by atoms with Gasteiger partial charge in [0.15, 0.2) is 21.5 Å². The van der Waals surface area contributed by atoms with Crippen LogP contribution in [0.15, 0.2) is 61.2 Å². The number of hydrogen-bond donors (Lipinski definition) is 0. The third-order valence-corrected chi connectivity index (χ3v) is 5.61. The average Bonchev–Trinajstić information content (AvgIpc) is 3.14. The Morgan fingerprint density at radius 2 is 1.80 bits per heavy atom. The van der Waals surface area contributed by atoms with E-state index in [0.29, 0.717) is 0 Å². The average molecular weight is 431 g/mol. The number of hydrogen-bond acceptors (Lipinski definition) is 9. The molecule has 4 rings (SSSR count). The van der Waals surface area contributed by atoms with Crippen LogP contribution in [0.4, 0.5) is 5.69 Å². The first-order valence-electron chi connectivity index (χ1n) is 8.43. The molecule has 0 aliphatic heterocycles. The van der Waals surface area contributed by atoms with Crippen LogP contribution in [0.5, 0.6) is 11.5 Å². The first kappa shape index (κ1) is 19.5. The molecular formula is C19H13NO9S. The molecule has 0 fully saturated rings. The quantitative estimate of drug-likeness (QED) is 0.264. The third kappa shape index (κ3) is 3.05. The van der Waals surface area contributed by atoms with E-state index in [1.807, 2.05) is 0 Å². The van der Waals surface area contributed by atoms with E-state index in [2.05, 4.69) is 0 Å². The van der Waals surface area contributed by atoms with Gasteiger partial charge in [0.2, 0.25) is 0 Å². The molecule has 0 saturated heterocycles. The van der Waals surface area contributed by atoms with Crippen LogP contribution in [-0.4, -0.2) is 20.5 Å². The molecule has 2 heterocycles. The number of rotatable bonds is 5. The van der Waals surface area contributed by atoms with Gasteiger partial charge in [-0.2, -0.15) is 8.42 Å². The molecule has 10 nitrogen and oxygen atoms in total. The lowest BCUT2D eigenvalue weighted by Crippen LogP contribution is -2.13. The van der Waals surface area contributed by atoms with Crippen molar-refractivity contribution in [3.63, 3.8) is 0 Å². The van der Waals surface area contributed by atoms with Gasteiger partial charge < -0.3 is 17.8 Å². The van der Waals surface area contributed by atoms with Crippen molar-refractivity contribution in [3.8, 4) is 11.5 Å². The minimum atomic E-state index is -4.58. The van der Waals surface area contributed by atoms with Gasteiger partial charge in [0.1, 0.15) is 22.6 Å². The van der Waals surface area contributed by atoms with Gasteiger partial charge in [-0.05, 0) is 25.1 Å². The summed E-state index contributed by atoms with van der Waals surface area (Å²) in [6, 6.07) is 7.15. The molecule has 30 heavy (non-hydrogen) atoms. The molecule has 0 bridgehead atoms. The fraction of sp³-hybridized carbons (Fsp3) is 0.105. The van der Waals surface area contributed by atoms with Crippen molar-refractivity contribution < 1.29 is 31.1 Å². The Bertz CT molecular complexity index is 1460. The number of nitrogens with zero attached hydrogens (tertiary/aromatic N) is 1. The van der Waals surface area contributed by atoms with Crippen LogP contribution in [0, 0.1) is 17.0 Å². The van der Waals surface area contributed by atoms with Gasteiger partial charge >= 0.3 is 10.1 Å². The number of methoxy groups -OCH3 is 1. The minimum absolute atomic E-state index is 0.0807. The maximum atomic E-state index is 13.1. The van der Waals surface area contributed by atoms with E-state index in [4.69, 9.17) is 17.8 Å². The summed E-state index contributed by atoms with van der Waals surface area (Å²) < 4.78 is 47.7. The highest BCUT2D eigenvalue weighted by Gasteiger charge is 2.31. The second kappa shape index (κ2) is 6.88. The van der Waals surface area contributed by atoms with Crippen molar-refractivity contribution >= 4 is 37.7 Å². The molecule has 2 aromatic carbocycles. The summed E-state index contributed by atoms with van der Waals surface area (Å²) >= 11 is 0. The molecule has 0 spiro atoms. The van der Waals surface area contributed by atoms with Crippen molar-refractivity contribution in [1.29, 1.82) is 0 Å². The highest BCUT2D eigenvalue weighted by Crippen LogP contribution is 2.40. The number of nitro groups is 1. The zero-order valence-electron chi connectivity index (χ0n) is 15.6. The number of non-ortho nitro benzene ring substituents is 1. The lowest BCUT2D eigenvalue weighted by atomic mass is 10.1. The zero-order valence-corrected chi connectivity index (χ0v) is 16.4. The number of aryl methyl sites for hydroxylation is 1. The number of benzene rings is 2. The van der Waals surface area contributed by atoms with E-state index in [9.17, 15) is 23.3 Å². The van der Waals surface area contributed by atoms with Gasteiger partial charge in [0.25, 0.3) is 5.69 Å². The van der Waals surface area contributed by atoms with E-state index in [1.54, 1.807) is 0 Å². The molecule has 0 radical (unpaired) electrons. The van der Waals surface area contributed by atoms with E-state index >= 15 is 0 Å². The minimum Gasteiger partial charge on any atom is -0.495 e. The molecule has 0 amide bonds. The Morgan fingerprint density at radius 1 is 1.10 bits per heavy atom. The largest absolute Gasteiger partial charge is 0.495 e. The van der Waals surface area contributed by atoms with Gasteiger partial charge in [-0.25, -0.2) is 0 Å². The monoisotopic (exact) mass is 431 g/mol. The summed E-state index contributed by atoms with van der Waals surface area (Å²) in [5.74, 6) is 0.114. The zero-order chi connectivity index (χ0) is 21.6. The Kier molecular flexibility index (Phi) is 4.46. The molecule has 154 valence electrons. The van der Waals surface area contributed by atoms with Crippen LogP contribution < -0.4 is 14.3 Å².